The van der Waals surface area contributed by atoms with Crippen LogP contribution < -0.4 is 10.2 Å². The van der Waals surface area contributed by atoms with E-state index in [9.17, 15) is 0 Å². The summed E-state index contributed by atoms with van der Waals surface area (Å²) in [6, 6.07) is 13.9. The Bertz CT molecular complexity index is 615. The Morgan fingerprint density at radius 1 is 1.11 bits per heavy atom. The van der Waals surface area contributed by atoms with Gasteiger partial charge < -0.3 is 10.2 Å². The summed E-state index contributed by atoms with van der Waals surface area (Å²) < 4.78 is 0. The van der Waals surface area contributed by atoms with E-state index in [2.05, 4.69) is 27.3 Å². The highest BCUT2D eigenvalue weighted by Crippen LogP contribution is 2.25. The number of aromatic nitrogens is 1. The van der Waals surface area contributed by atoms with Gasteiger partial charge >= 0.3 is 0 Å². The maximum atomic E-state index is 5.97. The Morgan fingerprint density at radius 3 is 2.68 bits per heavy atom. The lowest BCUT2D eigenvalue weighted by atomic mass is 10.2. The molecule has 19 heavy (non-hydrogen) atoms. The van der Waals surface area contributed by atoms with Crippen LogP contribution in [0.15, 0.2) is 42.5 Å². The number of fused-ring (bicyclic) bond motifs is 1. The van der Waals surface area contributed by atoms with Gasteiger partial charge in [0.1, 0.15) is 5.15 Å². The summed E-state index contributed by atoms with van der Waals surface area (Å²) >= 11 is 11.3. The van der Waals surface area contributed by atoms with Crippen molar-refractivity contribution in [2.75, 3.05) is 16.8 Å². The summed E-state index contributed by atoms with van der Waals surface area (Å²) in [7, 11) is 0. The number of hydrogen-bond acceptors (Lipinski definition) is 3. The van der Waals surface area contributed by atoms with Crippen LogP contribution in [0.4, 0.5) is 11.4 Å². The van der Waals surface area contributed by atoms with E-state index in [1.54, 1.807) is 6.07 Å². The lowest BCUT2D eigenvalue weighted by Crippen LogP contribution is -2.28. The molecule has 96 valence electrons. The molecule has 0 bridgehead atoms. The van der Waals surface area contributed by atoms with E-state index in [1.165, 1.54) is 0 Å². The van der Waals surface area contributed by atoms with E-state index >= 15 is 0 Å². The first-order valence-corrected chi connectivity index (χ1v) is 6.76. The Morgan fingerprint density at radius 2 is 1.89 bits per heavy atom. The van der Waals surface area contributed by atoms with Gasteiger partial charge in [0.05, 0.1) is 29.5 Å². The summed E-state index contributed by atoms with van der Waals surface area (Å²) in [5.74, 6) is 0. The fourth-order valence-corrected chi connectivity index (χ4v) is 2.56. The molecule has 0 unspecified atom stereocenters. The van der Waals surface area contributed by atoms with Crippen LogP contribution in [0.3, 0.4) is 0 Å². The molecule has 1 aliphatic rings. The molecular weight excluding hydrogens is 278 g/mol. The molecule has 0 aliphatic carbocycles. The Labute approximate surface area is 122 Å². The molecule has 1 N–H and O–H groups in total. The quantitative estimate of drug-likeness (QED) is 0.642. The van der Waals surface area contributed by atoms with Crippen molar-refractivity contribution in [3.05, 3.63) is 53.3 Å². The summed E-state index contributed by atoms with van der Waals surface area (Å²) in [5.41, 5.74) is 2.98. The second-order valence-corrected chi connectivity index (χ2v) is 5.25. The van der Waals surface area contributed by atoms with Crippen molar-refractivity contribution < 1.29 is 0 Å². The highest BCUT2D eigenvalue weighted by Gasteiger charge is 2.18. The standard InChI is InChI=1S/C14H12ClN3S/c15-13-7-6-11-12(16-13)8-18(9-14(19)17-11)10-4-2-1-3-5-10/h1-7H,8-9H2,(H,17,19). The number of nitrogens with one attached hydrogen (secondary N) is 1. The summed E-state index contributed by atoms with van der Waals surface area (Å²) in [4.78, 5) is 7.35. The second-order valence-electron chi connectivity index (χ2n) is 4.37. The molecule has 1 aromatic carbocycles. The number of nitrogens with zero attached hydrogens (tertiary/aromatic N) is 2. The zero-order valence-corrected chi connectivity index (χ0v) is 11.7. The van der Waals surface area contributed by atoms with Crippen LogP contribution in [0.1, 0.15) is 5.69 Å². The highest BCUT2D eigenvalue weighted by atomic mass is 35.5. The first-order valence-electron chi connectivity index (χ1n) is 5.97. The molecule has 0 saturated carbocycles. The lowest BCUT2D eigenvalue weighted by molar-refractivity contribution is 0.868. The Balaban J connectivity index is 1.99. The molecule has 5 heteroatoms. The largest absolute Gasteiger partial charge is 0.359 e. The fourth-order valence-electron chi connectivity index (χ4n) is 2.13. The summed E-state index contributed by atoms with van der Waals surface area (Å²) in [6.07, 6.45) is 0. The molecule has 0 spiro atoms. The number of halogens is 1. The third-order valence-corrected chi connectivity index (χ3v) is 3.45. The lowest BCUT2D eigenvalue weighted by Gasteiger charge is -2.22. The van der Waals surface area contributed by atoms with E-state index < -0.39 is 0 Å². The van der Waals surface area contributed by atoms with E-state index in [0.717, 1.165) is 22.1 Å². The number of para-hydroxylation sites is 1. The first-order chi connectivity index (χ1) is 9.22. The predicted octanol–water partition coefficient (Wildman–Crippen LogP) is 3.49. The number of benzene rings is 1. The van der Waals surface area contributed by atoms with Crippen molar-refractivity contribution in [1.82, 2.24) is 4.98 Å². The van der Waals surface area contributed by atoms with Gasteiger partial charge in [-0.05, 0) is 24.3 Å². The fraction of sp³-hybridized carbons (Fsp3) is 0.143. The first kappa shape index (κ1) is 12.4. The van der Waals surface area contributed by atoms with Gasteiger partial charge in [-0.25, -0.2) is 4.98 Å². The summed E-state index contributed by atoms with van der Waals surface area (Å²) in [5, 5.41) is 3.72. The number of rotatable bonds is 1. The summed E-state index contributed by atoms with van der Waals surface area (Å²) in [6.45, 7) is 1.36. The smallest absolute Gasteiger partial charge is 0.129 e. The third-order valence-electron chi connectivity index (χ3n) is 3.01. The number of thiocarbonyl (C=S) groups is 1. The molecule has 2 heterocycles. The minimum Gasteiger partial charge on any atom is -0.359 e. The number of hydrogen-bond donors (Lipinski definition) is 1. The van der Waals surface area contributed by atoms with Crippen LogP contribution in [0.5, 0.6) is 0 Å². The predicted molar refractivity (Wildman–Crippen MR) is 83.0 cm³/mol. The molecule has 3 rings (SSSR count). The Hall–Kier alpha value is -1.65. The van der Waals surface area contributed by atoms with Crippen molar-refractivity contribution in [3.8, 4) is 0 Å². The van der Waals surface area contributed by atoms with E-state index in [4.69, 9.17) is 23.8 Å². The van der Waals surface area contributed by atoms with Gasteiger partial charge in [-0.1, -0.05) is 42.0 Å². The van der Waals surface area contributed by atoms with Gasteiger partial charge in [-0.2, -0.15) is 0 Å². The molecule has 0 fully saturated rings. The number of anilines is 2. The minimum absolute atomic E-state index is 0.501. The van der Waals surface area contributed by atoms with Crippen molar-refractivity contribution in [1.29, 1.82) is 0 Å². The van der Waals surface area contributed by atoms with Gasteiger partial charge in [-0.3, -0.25) is 0 Å². The van der Waals surface area contributed by atoms with Crippen LogP contribution in [-0.4, -0.2) is 16.5 Å². The molecule has 3 nitrogen and oxygen atoms in total. The molecule has 2 aromatic rings. The molecular formula is C14H12ClN3S. The van der Waals surface area contributed by atoms with E-state index in [-0.39, 0.29) is 0 Å². The number of pyridine rings is 1. The van der Waals surface area contributed by atoms with Crippen LogP contribution >= 0.6 is 23.8 Å². The zero-order valence-electron chi connectivity index (χ0n) is 10.1. The van der Waals surface area contributed by atoms with Gasteiger partial charge in [0.25, 0.3) is 0 Å². The Kier molecular flexibility index (Phi) is 3.36. The van der Waals surface area contributed by atoms with Crippen molar-refractivity contribution in [2.24, 2.45) is 0 Å². The van der Waals surface area contributed by atoms with Crippen LogP contribution in [0, 0.1) is 0 Å². The SMILES string of the molecule is S=C1CN(c2ccccc2)Cc2nc(Cl)ccc2N1. The minimum atomic E-state index is 0.501. The maximum absolute atomic E-state index is 5.97. The van der Waals surface area contributed by atoms with Gasteiger partial charge in [0.15, 0.2) is 0 Å². The zero-order chi connectivity index (χ0) is 13.2. The van der Waals surface area contributed by atoms with Gasteiger partial charge in [-0.15, -0.1) is 0 Å². The van der Waals surface area contributed by atoms with Crippen LogP contribution in [-0.2, 0) is 6.54 Å². The monoisotopic (exact) mass is 289 g/mol. The molecule has 0 atom stereocenters. The van der Waals surface area contributed by atoms with Crippen molar-refractivity contribution in [3.63, 3.8) is 0 Å². The topological polar surface area (TPSA) is 28.2 Å². The third kappa shape index (κ3) is 2.69. The van der Waals surface area contributed by atoms with Gasteiger partial charge in [0, 0.05) is 5.69 Å². The molecule has 1 aliphatic heterocycles. The normalized spacial score (nSPS) is 14.6. The van der Waals surface area contributed by atoms with E-state index in [1.807, 2.05) is 24.3 Å². The molecule has 1 aromatic heterocycles. The average molecular weight is 290 g/mol. The highest BCUT2D eigenvalue weighted by molar-refractivity contribution is 7.80. The van der Waals surface area contributed by atoms with Crippen LogP contribution in [0.2, 0.25) is 5.15 Å². The van der Waals surface area contributed by atoms with Crippen molar-refractivity contribution in [2.45, 2.75) is 6.54 Å². The molecule has 0 saturated heterocycles. The molecule has 0 radical (unpaired) electrons. The van der Waals surface area contributed by atoms with Crippen molar-refractivity contribution >= 4 is 40.2 Å². The average Bonchev–Trinajstić information content (AvgIpc) is 2.58. The van der Waals surface area contributed by atoms with E-state index in [0.29, 0.717) is 18.2 Å². The second kappa shape index (κ2) is 5.15. The van der Waals surface area contributed by atoms with Gasteiger partial charge in [0.2, 0.25) is 0 Å². The van der Waals surface area contributed by atoms with Crippen LogP contribution in [0.25, 0.3) is 0 Å². The molecule has 0 amide bonds. The maximum Gasteiger partial charge on any atom is 0.129 e.